The fourth-order valence-electron chi connectivity index (χ4n) is 3.04. The second-order valence-corrected chi connectivity index (χ2v) is 8.94. The molecule has 140 valence electrons. The monoisotopic (exact) mass is 394 g/mol. The van der Waals surface area contributed by atoms with E-state index in [0.717, 1.165) is 30.6 Å². The number of ether oxygens (including phenoxy) is 1. The Balaban J connectivity index is 1.80. The fourth-order valence-corrected chi connectivity index (χ4v) is 5.18. The summed E-state index contributed by atoms with van der Waals surface area (Å²) in [6, 6.07) is 8.25. The first-order valence-corrected chi connectivity index (χ1v) is 10.9. The molecule has 0 aliphatic heterocycles. The van der Waals surface area contributed by atoms with Gasteiger partial charge in [-0.1, -0.05) is 18.9 Å². The number of sulfonamides is 1. The summed E-state index contributed by atoms with van der Waals surface area (Å²) in [5, 5.41) is 4.74. The topological polar surface area (TPSA) is 84.5 Å². The lowest BCUT2D eigenvalue weighted by Gasteiger charge is -2.15. The molecule has 26 heavy (non-hydrogen) atoms. The summed E-state index contributed by atoms with van der Waals surface area (Å²) >= 11 is 1.55. The number of rotatable bonds is 7. The number of nitrogens with one attached hydrogen (secondary N) is 2. The molecule has 1 fully saturated rings. The van der Waals surface area contributed by atoms with Crippen LogP contribution in [0.25, 0.3) is 0 Å². The van der Waals surface area contributed by atoms with Crippen LogP contribution in [0.3, 0.4) is 0 Å². The molecule has 1 heterocycles. The smallest absolute Gasteiger partial charge is 0.251 e. The van der Waals surface area contributed by atoms with Gasteiger partial charge in [-0.25, -0.2) is 13.1 Å². The number of methoxy groups -OCH3 is 1. The van der Waals surface area contributed by atoms with Crippen LogP contribution in [0.15, 0.2) is 40.6 Å². The van der Waals surface area contributed by atoms with Crippen LogP contribution in [0.2, 0.25) is 0 Å². The molecule has 1 saturated carbocycles. The molecule has 0 saturated heterocycles. The van der Waals surface area contributed by atoms with Gasteiger partial charge in [0.15, 0.2) is 0 Å². The van der Waals surface area contributed by atoms with E-state index in [4.69, 9.17) is 4.74 Å². The number of hydrogen-bond donors (Lipinski definition) is 2. The Hall–Kier alpha value is -1.90. The van der Waals surface area contributed by atoms with Gasteiger partial charge in [-0.2, -0.15) is 0 Å². The van der Waals surface area contributed by atoms with E-state index >= 15 is 0 Å². The van der Waals surface area contributed by atoms with Crippen LogP contribution >= 0.6 is 11.3 Å². The Morgan fingerprint density at radius 1 is 1.27 bits per heavy atom. The van der Waals surface area contributed by atoms with Gasteiger partial charge in [-0.05, 0) is 42.5 Å². The van der Waals surface area contributed by atoms with Crippen molar-refractivity contribution in [2.75, 3.05) is 7.11 Å². The number of benzene rings is 1. The van der Waals surface area contributed by atoms with E-state index in [9.17, 15) is 13.2 Å². The van der Waals surface area contributed by atoms with Crippen molar-refractivity contribution in [3.05, 3.63) is 46.2 Å². The lowest BCUT2D eigenvalue weighted by Crippen LogP contribution is -2.33. The van der Waals surface area contributed by atoms with Crippen LogP contribution < -0.4 is 14.8 Å². The van der Waals surface area contributed by atoms with Crippen molar-refractivity contribution in [2.24, 2.45) is 0 Å². The zero-order valence-corrected chi connectivity index (χ0v) is 16.2. The summed E-state index contributed by atoms with van der Waals surface area (Å²) in [7, 11) is -2.34. The first-order valence-electron chi connectivity index (χ1n) is 8.50. The molecule has 0 unspecified atom stereocenters. The molecular weight excluding hydrogens is 372 g/mol. The van der Waals surface area contributed by atoms with E-state index in [1.807, 2.05) is 17.5 Å². The summed E-state index contributed by atoms with van der Waals surface area (Å²) in [4.78, 5) is 13.4. The molecule has 2 aromatic rings. The lowest BCUT2D eigenvalue weighted by molar-refractivity contribution is 0.0951. The van der Waals surface area contributed by atoms with E-state index in [-0.39, 0.29) is 28.2 Å². The Kier molecular flexibility index (Phi) is 5.95. The Morgan fingerprint density at radius 2 is 2.04 bits per heavy atom. The van der Waals surface area contributed by atoms with Crippen LogP contribution in [0.5, 0.6) is 5.75 Å². The van der Waals surface area contributed by atoms with Crippen LogP contribution in [-0.4, -0.2) is 27.5 Å². The van der Waals surface area contributed by atoms with E-state index in [1.54, 1.807) is 17.4 Å². The molecular formula is C18H22N2O4S2. The van der Waals surface area contributed by atoms with Crippen molar-refractivity contribution in [1.82, 2.24) is 10.0 Å². The van der Waals surface area contributed by atoms with Crippen molar-refractivity contribution >= 4 is 27.3 Å². The fraction of sp³-hybridized carbons (Fsp3) is 0.389. The van der Waals surface area contributed by atoms with Crippen LogP contribution in [0.4, 0.5) is 0 Å². The summed E-state index contributed by atoms with van der Waals surface area (Å²) in [5.74, 6) is -0.0938. The SMILES string of the molecule is COc1ccc(C(=O)NCc2cccs2)cc1S(=O)(=O)NC1CCCC1. The molecule has 0 spiro atoms. The van der Waals surface area contributed by atoms with Crippen LogP contribution in [-0.2, 0) is 16.6 Å². The second kappa shape index (κ2) is 8.20. The Labute approximate surface area is 157 Å². The van der Waals surface area contributed by atoms with Gasteiger partial charge in [0.05, 0.1) is 13.7 Å². The predicted octanol–water partition coefficient (Wildman–Crippen LogP) is 2.91. The minimum Gasteiger partial charge on any atom is -0.495 e. The Morgan fingerprint density at radius 3 is 2.69 bits per heavy atom. The molecule has 8 heteroatoms. The molecule has 6 nitrogen and oxygen atoms in total. The van der Waals surface area contributed by atoms with E-state index in [1.165, 1.54) is 19.2 Å². The van der Waals surface area contributed by atoms with Crippen molar-refractivity contribution in [1.29, 1.82) is 0 Å². The van der Waals surface area contributed by atoms with Gasteiger partial charge in [-0.3, -0.25) is 4.79 Å². The molecule has 0 bridgehead atoms. The van der Waals surface area contributed by atoms with Gasteiger partial charge in [-0.15, -0.1) is 11.3 Å². The first-order chi connectivity index (χ1) is 12.5. The minimum absolute atomic E-state index is 0.00401. The van der Waals surface area contributed by atoms with Gasteiger partial charge in [0.25, 0.3) is 5.91 Å². The third-order valence-electron chi connectivity index (χ3n) is 4.40. The van der Waals surface area contributed by atoms with Gasteiger partial charge in [0.2, 0.25) is 10.0 Å². The van der Waals surface area contributed by atoms with Gasteiger partial charge < -0.3 is 10.1 Å². The quantitative estimate of drug-likeness (QED) is 0.756. The van der Waals surface area contributed by atoms with Crippen LogP contribution in [0, 0.1) is 0 Å². The van der Waals surface area contributed by atoms with Crippen molar-refractivity contribution in [3.8, 4) is 5.75 Å². The molecule has 3 rings (SSSR count). The Bertz CT molecular complexity index is 857. The highest BCUT2D eigenvalue weighted by Crippen LogP contribution is 2.27. The van der Waals surface area contributed by atoms with E-state index in [2.05, 4.69) is 10.0 Å². The standard InChI is InChI=1S/C18H22N2O4S2/c1-24-16-9-8-13(18(21)19-12-15-7-4-10-25-15)11-17(16)26(22,23)20-14-5-2-3-6-14/h4,7-11,14,20H,2-3,5-6,12H2,1H3,(H,19,21). The minimum atomic E-state index is -3.75. The molecule has 1 aliphatic rings. The average Bonchev–Trinajstić information content (AvgIpc) is 3.32. The van der Waals surface area contributed by atoms with Gasteiger partial charge in [0, 0.05) is 16.5 Å². The number of carbonyl (C=O) groups is 1. The highest BCUT2D eigenvalue weighted by Gasteiger charge is 2.26. The van der Waals surface area contributed by atoms with Crippen molar-refractivity contribution < 1.29 is 17.9 Å². The maximum Gasteiger partial charge on any atom is 0.251 e. The molecule has 0 atom stereocenters. The number of amides is 1. The van der Waals surface area contributed by atoms with Crippen molar-refractivity contribution in [2.45, 2.75) is 43.2 Å². The summed E-state index contributed by atoms with van der Waals surface area (Å²) in [6.07, 6.45) is 3.72. The molecule has 1 amide bonds. The number of thiophene rings is 1. The summed E-state index contributed by atoms with van der Waals surface area (Å²) in [5.41, 5.74) is 0.286. The van der Waals surface area contributed by atoms with Gasteiger partial charge in [0.1, 0.15) is 10.6 Å². The molecule has 2 N–H and O–H groups in total. The predicted molar refractivity (Wildman–Crippen MR) is 101 cm³/mol. The summed E-state index contributed by atoms with van der Waals surface area (Å²) in [6.45, 7) is 0.408. The largest absolute Gasteiger partial charge is 0.495 e. The highest BCUT2D eigenvalue weighted by molar-refractivity contribution is 7.89. The number of hydrogen-bond acceptors (Lipinski definition) is 5. The van der Waals surface area contributed by atoms with Crippen molar-refractivity contribution in [3.63, 3.8) is 0 Å². The molecule has 1 aliphatic carbocycles. The van der Waals surface area contributed by atoms with E-state index in [0.29, 0.717) is 6.54 Å². The molecule has 0 radical (unpaired) electrons. The lowest BCUT2D eigenvalue weighted by atomic mass is 10.2. The van der Waals surface area contributed by atoms with Crippen LogP contribution in [0.1, 0.15) is 40.9 Å². The zero-order chi connectivity index (χ0) is 18.6. The normalized spacial score (nSPS) is 15.1. The molecule has 1 aromatic carbocycles. The van der Waals surface area contributed by atoms with Gasteiger partial charge >= 0.3 is 0 Å². The first kappa shape index (κ1) is 18.9. The number of carbonyl (C=O) groups excluding carboxylic acids is 1. The maximum absolute atomic E-state index is 12.8. The molecule has 1 aromatic heterocycles. The average molecular weight is 395 g/mol. The zero-order valence-electron chi connectivity index (χ0n) is 14.5. The van der Waals surface area contributed by atoms with E-state index < -0.39 is 10.0 Å². The summed E-state index contributed by atoms with van der Waals surface area (Å²) < 4.78 is 33.5. The third-order valence-corrected chi connectivity index (χ3v) is 6.81. The highest BCUT2D eigenvalue weighted by atomic mass is 32.2. The third kappa shape index (κ3) is 4.44. The maximum atomic E-state index is 12.8. The second-order valence-electron chi connectivity index (χ2n) is 6.23.